The Morgan fingerprint density at radius 3 is 2.59 bits per heavy atom. The smallest absolute Gasteiger partial charge is 0.353 e. The summed E-state index contributed by atoms with van der Waals surface area (Å²) in [4.78, 5) is 24.2. The van der Waals surface area contributed by atoms with E-state index < -0.39 is 12.7 Å². The molecule has 32 heavy (non-hydrogen) atoms. The van der Waals surface area contributed by atoms with Crippen LogP contribution in [-0.4, -0.2) is 38.1 Å². The highest BCUT2D eigenvalue weighted by molar-refractivity contribution is 5.84. The molecular weight excluding hydrogens is 423 g/mol. The molecule has 0 saturated heterocycles. The zero-order valence-corrected chi connectivity index (χ0v) is 17.2. The number of H-pyrrole nitrogens is 1. The third-order valence-electron chi connectivity index (χ3n) is 6.57. The summed E-state index contributed by atoms with van der Waals surface area (Å²) in [5.74, 6) is 0.0530. The number of nitrogens with zero attached hydrogens (tertiary/aromatic N) is 3. The van der Waals surface area contributed by atoms with Gasteiger partial charge in [-0.2, -0.15) is 23.4 Å². The lowest BCUT2D eigenvalue weighted by Crippen LogP contribution is -2.56. The van der Waals surface area contributed by atoms with E-state index in [9.17, 15) is 22.8 Å². The Bertz CT molecular complexity index is 1220. The van der Waals surface area contributed by atoms with Crippen LogP contribution in [0.2, 0.25) is 0 Å². The fraction of sp³-hybridized carbons (Fsp3) is 0.455. The Morgan fingerprint density at radius 2 is 1.88 bits per heavy atom. The highest BCUT2D eigenvalue weighted by Crippen LogP contribution is 2.62. The number of alkyl halides is 3. The first-order valence-electron chi connectivity index (χ1n) is 10.6. The molecule has 0 atom stereocenters. The van der Waals surface area contributed by atoms with Gasteiger partial charge in [0.05, 0.1) is 23.2 Å². The number of halogens is 3. The zero-order chi connectivity index (χ0) is 22.5. The highest BCUT2D eigenvalue weighted by atomic mass is 19.4. The van der Waals surface area contributed by atoms with Gasteiger partial charge < -0.3 is 5.32 Å². The first kappa shape index (κ1) is 20.7. The second-order valence-electron chi connectivity index (χ2n) is 9.06. The standard InChI is InChI=1S/C22H22F3N5O2/c23-22(24,25)12-30-6-5-14(29-30)7-18(31)26-15-10-21(11-15)8-13(9-21)19-16-3-1-2-4-17(16)20(32)28-27-19/h1-6,13,15H,7-12H2,(H,26,31)(H,28,32). The Morgan fingerprint density at radius 1 is 1.16 bits per heavy atom. The molecule has 3 aromatic rings. The van der Waals surface area contributed by atoms with Gasteiger partial charge in [-0.3, -0.25) is 14.3 Å². The minimum absolute atomic E-state index is 0.0374. The summed E-state index contributed by atoms with van der Waals surface area (Å²) in [5, 5.41) is 15.2. The van der Waals surface area contributed by atoms with Crippen LogP contribution in [0.1, 0.15) is 43.0 Å². The van der Waals surface area contributed by atoms with Gasteiger partial charge in [-0.05, 0) is 43.2 Å². The van der Waals surface area contributed by atoms with E-state index in [0.29, 0.717) is 11.1 Å². The van der Waals surface area contributed by atoms with Crippen LogP contribution in [0.5, 0.6) is 0 Å². The van der Waals surface area contributed by atoms with Gasteiger partial charge in [0, 0.05) is 23.5 Å². The molecule has 0 radical (unpaired) electrons. The SMILES string of the molecule is O=C(Cc1ccn(CC(F)(F)F)n1)NC1CC2(C1)CC(c1n[nH]c(=O)c3ccccc13)C2. The number of amides is 1. The molecule has 2 aromatic heterocycles. The van der Waals surface area contributed by atoms with E-state index in [4.69, 9.17) is 0 Å². The molecule has 0 unspecified atom stereocenters. The first-order chi connectivity index (χ1) is 15.2. The molecule has 1 amide bonds. The predicted molar refractivity (Wildman–Crippen MR) is 110 cm³/mol. The number of aromatic amines is 1. The Kier molecular flexibility index (Phi) is 4.83. The summed E-state index contributed by atoms with van der Waals surface area (Å²) >= 11 is 0. The van der Waals surface area contributed by atoms with Crippen LogP contribution in [0.4, 0.5) is 13.2 Å². The fourth-order valence-electron chi connectivity index (χ4n) is 5.26. The van der Waals surface area contributed by atoms with Crippen molar-refractivity contribution in [3.63, 3.8) is 0 Å². The maximum absolute atomic E-state index is 12.4. The van der Waals surface area contributed by atoms with Gasteiger partial charge in [0.2, 0.25) is 5.91 Å². The first-order valence-corrected chi connectivity index (χ1v) is 10.6. The second-order valence-corrected chi connectivity index (χ2v) is 9.06. The number of carbonyl (C=O) groups is 1. The summed E-state index contributed by atoms with van der Waals surface area (Å²) in [6.07, 6.45) is 0.525. The minimum atomic E-state index is -4.34. The largest absolute Gasteiger partial charge is 0.408 e. The number of hydrogen-bond donors (Lipinski definition) is 2. The van der Waals surface area contributed by atoms with Crippen LogP contribution in [0, 0.1) is 5.41 Å². The third-order valence-corrected chi connectivity index (χ3v) is 6.57. The van der Waals surface area contributed by atoms with E-state index in [0.717, 1.165) is 41.4 Å². The zero-order valence-electron chi connectivity index (χ0n) is 17.2. The summed E-state index contributed by atoms with van der Waals surface area (Å²) in [6, 6.07) is 8.98. The number of rotatable bonds is 5. The summed E-state index contributed by atoms with van der Waals surface area (Å²) in [6.45, 7) is -1.17. The Hall–Kier alpha value is -3.17. The van der Waals surface area contributed by atoms with Crippen molar-refractivity contribution < 1.29 is 18.0 Å². The van der Waals surface area contributed by atoms with Gasteiger partial charge in [0.25, 0.3) is 5.56 Å². The van der Waals surface area contributed by atoms with Crippen LogP contribution in [0.15, 0.2) is 41.3 Å². The molecule has 2 N–H and O–H groups in total. The van der Waals surface area contributed by atoms with Crippen LogP contribution < -0.4 is 10.9 Å². The van der Waals surface area contributed by atoms with Gasteiger partial charge in [-0.25, -0.2) is 5.10 Å². The van der Waals surface area contributed by atoms with Gasteiger partial charge in [0.1, 0.15) is 6.54 Å². The number of fused-ring (bicyclic) bond motifs is 1. The van der Waals surface area contributed by atoms with Gasteiger partial charge >= 0.3 is 6.18 Å². The molecule has 1 aromatic carbocycles. The third kappa shape index (κ3) is 4.01. The van der Waals surface area contributed by atoms with Crippen LogP contribution in [0.3, 0.4) is 0 Å². The molecule has 168 valence electrons. The van der Waals surface area contributed by atoms with Crippen molar-refractivity contribution in [3.8, 4) is 0 Å². The molecule has 2 aliphatic carbocycles. The van der Waals surface area contributed by atoms with Crippen molar-refractivity contribution in [1.82, 2.24) is 25.3 Å². The average molecular weight is 445 g/mol. The maximum atomic E-state index is 12.4. The van der Waals surface area contributed by atoms with Crippen LogP contribution >= 0.6 is 0 Å². The number of hydrogen-bond acceptors (Lipinski definition) is 4. The summed E-state index contributed by atoms with van der Waals surface area (Å²) in [7, 11) is 0. The van der Waals surface area contributed by atoms with Crippen molar-refractivity contribution >= 4 is 16.7 Å². The normalized spacial score (nSPS) is 24.8. The van der Waals surface area contributed by atoms with Crippen molar-refractivity contribution in [2.24, 2.45) is 5.41 Å². The lowest BCUT2D eigenvalue weighted by atomic mass is 9.49. The van der Waals surface area contributed by atoms with E-state index >= 15 is 0 Å². The lowest BCUT2D eigenvalue weighted by Gasteiger charge is -2.57. The van der Waals surface area contributed by atoms with Crippen LogP contribution in [-0.2, 0) is 17.8 Å². The van der Waals surface area contributed by atoms with E-state index in [2.05, 4.69) is 20.6 Å². The topological polar surface area (TPSA) is 92.7 Å². The van der Waals surface area contributed by atoms with E-state index in [1.165, 1.54) is 12.3 Å². The van der Waals surface area contributed by atoms with Gasteiger partial charge in [-0.15, -0.1) is 0 Å². The van der Waals surface area contributed by atoms with Crippen molar-refractivity contribution in [2.75, 3.05) is 0 Å². The summed E-state index contributed by atoms with van der Waals surface area (Å²) < 4.78 is 38.1. The molecule has 5 rings (SSSR count). The van der Waals surface area contributed by atoms with Crippen molar-refractivity contribution in [1.29, 1.82) is 0 Å². The molecular formula is C22H22F3N5O2. The number of carbonyl (C=O) groups excluding carboxylic acids is 1. The Balaban J connectivity index is 1.12. The predicted octanol–water partition coefficient (Wildman–Crippen LogP) is 3.07. The van der Waals surface area contributed by atoms with Gasteiger partial charge in [0.15, 0.2) is 0 Å². The molecule has 2 saturated carbocycles. The van der Waals surface area contributed by atoms with Gasteiger partial charge in [-0.1, -0.05) is 18.2 Å². The number of benzene rings is 1. The number of aromatic nitrogens is 4. The monoisotopic (exact) mass is 445 g/mol. The van der Waals surface area contributed by atoms with E-state index in [1.54, 1.807) is 6.07 Å². The molecule has 10 heteroatoms. The molecule has 2 heterocycles. The quantitative estimate of drug-likeness (QED) is 0.631. The average Bonchev–Trinajstić information content (AvgIpc) is 3.08. The molecule has 0 aliphatic heterocycles. The van der Waals surface area contributed by atoms with Crippen LogP contribution in [0.25, 0.3) is 10.8 Å². The molecule has 7 nitrogen and oxygen atoms in total. The highest BCUT2D eigenvalue weighted by Gasteiger charge is 2.54. The van der Waals surface area contributed by atoms with Crippen molar-refractivity contribution in [3.05, 3.63) is 58.3 Å². The molecule has 2 fully saturated rings. The van der Waals surface area contributed by atoms with Crippen molar-refractivity contribution in [2.45, 2.75) is 56.8 Å². The fourth-order valence-corrected chi connectivity index (χ4v) is 5.26. The minimum Gasteiger partial charge on any atom is -0.353 e. The second kappa shape index (κ2) is 7.46. The molecule has 1 spiro atoms. The van der Waals surface area contributed by atoms with E-state index in [-0.39, 0.29) is 35.3 Å². The van der Waals surface area contributed by atoms with E-state index in [1.807, 2.05) is 18.2 Å². The molecule has 2 aliphatic rings. The summed E-state index contributed by atoms with van der Waals surface area (Å²) in [5.41, 5.74) is 1.25. The molecule has 0 bridgehead atoms. The maximum Gasteiger partial charge on any atom is 0.408 e. The lowest BCUT2D eigenvalue weighted by molar-refractivity contribution is -0.142. The number of nitrogens with one attached hydrogen (secondary N) is 2. The Labute approximate surface area is 181 Å².